The van der Waals surface area contributed by atoms with E-state index in [1.807, 2.05) is 7.11 Å². The van der Waals surface area contributed by atoms with E-state index in [1.54, 1.807) is 0 Å². The molecule has 0 amide bonds. The summed E-state index contributed by atoms with van der Waals surface area (Å²) in [5.41, 5.74) is 6.80. The van der Waals surface area contributed by atoms with Gasteiger partial charge in [0.25, 0.3) is 0 Å². The minimum Gasteiger partial charge on any atom is -0.379 e. The van der Waals surface area contributed by atoms with Crippen molar-refractivity contribution < 1.29 is 4.74 Å². The third kappa shape index (κ3) is 2.59. The zero-order chi connectivity index (χ0) is 13.2. The van der Waals surface area contributed by atoms with E-state index in [9.17, 15) is 0 Å². The van der Waals surface area contributed by atoms with Gasteiger partial charge in [-0.1, -0.05) is 26.7 Å². The number of hydrogen-bond acceptors (Lipinski definition) is 3. The Balaban J connectivity index is 2.11. The van der Waals surface area contributed by atoms with Crippen LogP contribution in [0.25, 0.3) is 0 Å². The van der Waals surface area contributed by atoms with E-state index < -0.39 is 0 Å². The van der Waals surface area contributed by atoms with E-state index in [0.29, 0.717) is 11.5 Å². The van der Waals surface area contributed by atoms with Gasteiger partial charge >= 0.3 is 0 Å². The van der Waals surface area contributed by atoms with Crippen LogP contribution in [0.5, 0.6) is 0 Å². The Kier molecular flexibility index (Phi) is 4.35. The van der Waals surface area contributed by atoms with Gasteiger partial charge < -0.3 is 10.5 Å². The van der Waals surface area contributed by atoms with Crippen LogP contribution >= 0.6 is 0 Å². The summed E-state index contributed by atoms with van der Waals surface area (Å²) < 4.78 is 5.78. The normalized spacial score (nSPS) is 37.7. The second-order valence-electron chi connectivity index (χ2n) is 6.93. The van der Waals surface area contributed by atoms with Crippen LogP contribution in [0.15, 0.2) is 0 Å². The van der Waals surface area contributed by atoms with E-state index in [4.69, 9.17) is 10.5 Å². The Morgan fingerprint density at radius 3 is 2.39 bits per heavy atom. The summed E-state index contributed by atoms with van der Waals surface area (Å²) in [4.78, 5) is 2.64. The van der Waals surface area contributed by atoms with Gasteiger partial charge in [-0.05, 0) is 44.2 Å². The zero-order valence-corrected chi connectivity index (χ0v) is 12.4. The van der Waals surface area contributed by atoms with Crippen LogP contribution in [0.3, 0.4) is 0 Å². The molecule has 18 heavy (non-hydrogen) atoms. The largest absolute Gasteiger partial charge is 0.379 e. The molecule has 0 aromatic heterocycles. The predicted octanol–water partition coefficient (Wildman–Crippen LogP) is 2.39. The fraction of sp³-hybridized carbons (Fsp3) is 1.00. The van der Waals surface area contributed by atoms with Crippen molar-refractivity contribution in [2.45, 2.75) is 64.0 Å². The number of nitrogens with two attached hydrogens (primary N) is 1. The van der Waals surface area contributed by atoms with Gasteiger partial charge in [0.1, 0.15) is 0 Å². The summed E-state index contributed by atoms with van der Waals surface area (Å²) in [6.07, 6.45) is 7.88. The summed E-state index contributed by atoms with van der Waals surface area (Å²) in [5, 5.41) is 0. The predicted molar refractivity (Wildman–Crippen MR) is 75.6 cm³/mol. The van der Waals surface area contributed by atoms with Gasteiger partial charge in [0.05, 0.1) is 11.6 Å². The Morgan fingerprint density at radius 1 is 1.17 bits per heavy atom. The molecule has 0 spiro atoms. The minimum absolute atomic E-state index is 0.115. The number of piperidine rings is 1. The first kappa shape index (κ1) is 14.3. The first-order valence-electron chi connectivity index (χ1n) is 7.52. The van der Waals surface area contributed by atoms with Crippen molar-refractivity contribution in [3.05, 3.63) is 0 Å². The van der Waals surface area contributed by atoms with Crippen LogP contribution in [0.1, 0.15) is 52.4 Å². The van der Waals surface area contributed by atoms with Crippen LogP contribution in [0, 0.1) is 5.41 Å². The molecule has 0 bridgehead atoms. The topological polar surface area (TPSA) is 38.5 Å². The molecule has 0 aromatic carbocycles. The quantitative estimate of drug-likeness (QED) is 0.840. The lowest BCUT2D eigenvalue weighted by molar-refractivity contribution is -0.0907. The monoisotopic (exact) mass is 254 g/mol. The highest BCUT2D eigenvalue weighted by atomic mass is 16.5. The Labute approximate surface area is 112 Å². The molecule has 3 heteroatoms. The fourth-order valence-corrected chi connectivity index (χ4v) is 3.81. The SMILES string of the molecule is COC1CCCCC1(CN)N1CCC(C)(C)CC1. The average molecular weight is 254 g/mol. The van der Waals surface area contributed by atoms with E-state index in [-0.39, 0.29) is 5.54 Å². The van der Waals surface area contributed by atoms with E-state index in [0.717, 1.165) is 6.54 Å². The lowest BCUT2D eigenvalue weighted by Gasteiger charge is -2.53. The van der Waals surface area contributed by atoms with Gasteiger partial charge in [-0.2, -0.15) is 0 Å². The maximum atomic E-state index is 6.18. The molecule has 1 aliphatic carbocycles. The number of hydrogen-bond donors (Lipinski definition) is 1. The smallest absolute Gasteiger partial charge is 0.0767 e. The Morgan fingerprint density at radius 2 is 1.83 bits per heavy atom. The summed E-state index contributed by atoms with van der Waals surface area (Å²) in [6, 6.07) is 0. The van der Waals surface area contributed by atoms with Crippen LogP contribution in [0.2, 0.25) is 0 Å². The first-order chi connectivity index (χ1) is 8.54. The second-order valence-corrected chi connectivity index (χ2v) is 6.93. The maximum Gasteiger partial charge on any atom is 0.0767 e. The van der Waals surface area contributed by atoms with Gasteiger partial charge in [0.15, 0.2) is 0 Å². The zero-order valence-electron chi connectivity index (χ0n) is 12.4. The van der Waals surface area contributed by atoms with Crippen molar-refractivity contribution in [3.8, 4) is 0 Å². The van der Waals surface area contributed by atoms with Crippen molar-refractivity contribution in [1.82, 2.24) is 4.90 Å². The molecule has 1 heterocycles. The van der Waals surface area contributed by atoms with Gasteiger partial charge in [-0.3, -0.25) is 4.90 Å². The molecule has 2 rings (SSSR count). The molecule has 106 valence electrons. The van der Waals surface area contributed by atoms with Crippen LogP contribution in [-0.4, -0.2) is 43.3 Å². The molecule has 3 nitrogen and oxygen atoms in total. The third-order valence-electron chi connectivity index (χ3n) is 5.31. The van der Waals surface area contributed by atoms with Crippen molar-refractivity contribution in [2.75, 3.05) is 26.7 Å². The standard InChI is InChI=1S/C15H30N2O/c1-14(2)8-10-17(11-9-14)15(12-16)7-5-4-6-13(15)18-3/h13H,4-12,16H2,1-3H3. The van der Waals surface area contributed by atoms with Crippen molar-refractivity contribution in [1.29, 1.82) is 0 Å². The highest BCUT2D eigenvalue weighted by Gasteiger charge is 2.46. The molecular weight excluding hydrogens is 224 g/mol. The molecule has 0 radical (unpaired) electrons. The van der Waals surface area contributed by atoms with Crippen molar-refractivity contribution in [2.24, 2.45) is 11.1 Å². The Hall–Kier alpha value is -0.120. The van der Waals surface area contributed by atoms with Gasteiger partial charge in [0.2, 0.25) is 0 Å². The summed E-state index contributed by atoms with van der Waals surface area (Å²) in [7, 11) is 1.86. The molecule has 0 aromatic rings. The second kappa shape index (κ2) is 5.48. The minimum atomic E-state index is 0.115. The van der Waals surface area contributed by atoms with Gasteiger partial charge in [-0.15, -0.1) is 0 Å². The number of ether oxygens (including phenoxy) is 1. The molecule has 1 aliphatic heterocycles. The lowest BCUT2D eigenvalue weighted by Crippen LogP contribution is -2.64. The van der Waals surface area contributed by atoms with Crippen LogP contribution in [0.4, 0.5) is 0 Å². The van der Waals surface area contributed by atoms with Crippen molar-refractivity contribution in [3.63, 3.8) is 0 Å². The number of rotatable bonds is 3. The maximum absolute atomic E-state index is 6.18. The molecule has 2 fully saturated rings. The number of nitrogens with zero attached hydrogens (tertiary/aromatic N) is 1. The Bertz CT molecular complexity index is 270. The first-order valence-corrected chi connectivity index (χ1v) is 7.52. The molecule has 2 aliphatic rings. The highest BCUT2D eigenvalue weighted by molar-refractivity contribution is 5.02. The number of likely N-dealkylation sites (tertiary alicyclic amines) is 1. The fourth-order valence-electron chi connectivity index (χ4n) is 3.81. The van der Waals surface area contributed by atoms with Crippen LogP contribution < -0.4 is 5.73 Å². The van der Waals surface area contributed by atoms with E-state index in [1.165, 1.54) is 51.6 Å². The van der Waals surface area contributed by atoms with E-state index >= 15 is 0 Å². The summed E-state index contributed by atoms with van der Waals surface area (Å²) >= 11 is 0. The molecular formula is C15H30N2O. The summed E-state index contributed by atoms with van der Waals surface area (Å²) in [5.74, 6) is 0. The van der Waals surface area contributed by atoms with Gasteiger partial charge in [-0.25, -0.2) is 0 Å². The average Bonchev–Trinajstić information content (AvgIpc) is 2.38. The molecule has 2 unspecified atom stereocenters. The lowest BCUT2D eigenvalue weighted by atomic mass is 9.74. The van der Waals surface area contributed by atoms with Crippen molar-refractivity contribution >= 4 is 0 Å². The van der Waals surface area contributed by atoms with E-state index in [2.05, 4.69) is 18.7 Å². The number of methoxy groups -OCH3 is 1. The molecule has 1 saturated heterocycles. The van der Waals surface area contributed by atoms with Gasteiger partial charge in [0, 0.05) is 13.7 Å². The van der Waals surface area contributed by atoms with Crippen LogP contribution in [-0.2, 0) is 4.74 Å². The molecule has 2 atom stereocenters. The highest BCUT2D eigenvalue weighted by Crippen LogP contribution is 2.39. The molecule has 2 N–H and O–H groups in total. The molecule has 1 saturated carbocycles. The summed E-state index contributed by atoms with van der Waals surface area (Å²) in [6.45, 7) is 7.88. The third-order valence-corrected chi connectivity index (χ3v) is 5.31.